The first-order chi connectivity index (χ1) is 8.83. The second kappa shape index (κ2) is 6.05. The van der Waals surface area contributed by atoms with Crippen LogP contribution in [0.3, 0.4) is 0 Å². The molecule has 4 nitrogen and oxygen atoms in total. The van der Waals surface area contributed by atoms with Gasteiger partial charge in [-0.25, -0.2) is 10.9 Å². The largest absolute Gasteiger partial charge is 0.322 e. The van der Waals surface area contributed by atoms with Gasteiger partial charge in [0.05, 0.1) is 0 Å². The predicted molar refractivity (Wildman–Crippen MR) is 77.2 cm³/mol. The Morgan fingerprint density at radius 2 is 0.889 bits per heavy atom. The van der Waals surface area contributed by atoms with Gasteiger partial charge in [0, 0.05) is 25.5 Å². The van der Waals surface area contributed by atoms with E-state index in [4.69, 9.17) is 0 Å². The topological polar surface area (TPSA) is 48.1 Å². The molecule has 0 spiro atoms. The maximum atomic E-state index is 3.04. The second-order valence-corrected chi connectivity index (χ2v) is 3.90. The smallest absolute Gasteiger partial charge is 0.0487 e. The summed E-state index contributed by atoms with van der Waals surface area (Å²) in [5.74, 6) is 0. The van der Waals surface area contributed by atoms with Crippen molar-refractivity contribution in [1.82, 2.24) is 10.9 Å². The van der Waals surface area contributed by atoms with E-state index in [0.717, 1.165) is 11.4 Å². The highest BCUT2D eigenvalue weighted by atomic mass is 15.3. The summed E-state index contributed by atoms with van der Waals surface area (Å²) in [4.78, 5) is 0. The van der Waals surface area contributed by atoms with Gasteiger partial charge < -0.3 is 10.9 Å². The maximum absolute atomic E-state index is 3.04. The molecule has 2 aromatic rings. The zero-order chi connectivity index (χ0) is 12.8. The molecule has 94 valence electrons. The van der Waals surface area contributed by atoms with E-state index in [0.29, 0.717) is 0 Å². The fourth-order valence-electron chi connectivity index (χ4n) is 1.78. The van der Waals surface area contributed by atoms with E-state index in [1.807, 2.05) is 38.4 Å². The number of benzene rings is 2. The Bertz CT molecular complexity index is 429. The summed E-state index contributed by atoms with van der Waals surface area (Å²) in [6.45, 7) is 0. The molecular weight excluding hydrogens is 224 g/mol. The van der Waals surface area contributed by atoms with Crippen molar-refractivity contribution < 1.29 is 0 Å². The van der Waals surface area contributed by atoms with E-state index < -0.39 is 0 Å². The van der Waals surface area contributed by atoms with Crippen molar-refractivity contribution in [2.45, 2.75) is 0 Å². The standard InChI is InChI=1S/C14H18N4/c1-15-17-13-7-3-11(4-8-13)12-5-9-14(10-6-12)18-16-2/h3-10,15-18H,1-2H3. The average molecular weight is 242 g/mol. The van der Waals surface area contributed by atoms with Crippen molar-refractivity contribution in [3.63, 3.8) is 0 Å². The molecule has 0 unspecified atom stereocenters. The SMILES string of the molecule is CNNc1ccc(-c2ccc(NNC)cc2)cc1. The van der Waals surface area contributed by atoms with Crippen LogP contribution in [-0.2, 0) is 0 Å². The van der Waals surface area contributed by atoms with Crippen molar-refractivity contribution >= 4 is 11.4 Å². The van der Waals surface area contributed by atoms with Gasteiger partial charge in [-0.05, 0) is 35.4 Å². The van der Waals surface area contributed by atoms with E-state index in [1.165, 1.54) is 11.1 Å². The van der Waals surface area contributed by atoms with Gasteiger partial charge in [0.1, 0.15) is 0 Å². The third-order valence-electron chi connectivity index (χ3n) is 2.64. The molecule has 0 aliphatic heterocycles. The molecule has 2 rings (SSSR count). The van der Waals surface area contributed by atoms with Crippen LogP contribution < -0.4 is 21.7 Å². The second-order valence-electron chi connectivity index (χ2n) is 3.90. The molecule has 0 aliphatic carbocycles. The highest BCUT2D eigenvalue weighted by Gasteiger charge is 1.98. The zero-order valence-electron chi connectivity index (χ0n) is 10.6. The summed E-state index contributed by atoms with van der Waals surface area (Å²) in [6.07, 6.45) is 0. The Morgan fingerprint density at radius 3 is 1.17 bits per heavy atom. The molecule has 0 aromatic heterocycles. The maximum Gasteiger partial charge on any atom is 0.0487 e. The molecular formula is C14H18N4. The Hall–Kier alpha value is -2.04. The van der Waals surface area contributed by atoms with Crippen LogP contribution >= 0.6 is 0 Å². The number of hydrogen-bond acceptors (Lipinski definition) is 4. The van der Waals surface area contributed by atoms with Gasteiger partial charge in [-0.3, -0.25) is 0 Å². The van der Waals surface area contributed by atoms with Gasteiger partial charge in [-0.15, -0.1) is 0 Å². The first-order valence-corrected chi connectivity index (χ1v) is 5.89. The van der Waals surface area contributed by atoms with Crippen LogP contribution in [0, 0.1) is 0 Å². The molecule has 4 heteroatoms. The lowest BCUT2D eigenvalue weighted by Gasteiger charge is -2.08. The van der Waals surface area contributed by atoms with E-state index in [2.05, 4.69) is 46.0 Å². The number of rotatable bonds is 5. The summed E-state index contributed by atoms with van der Waals surface area (Å²) in [5.41, 5.74) is 16.4. The van der Waals surface area contributed by atoms with Crippen LogP contribution in [0.15, 0.2) is 48.5 Å². The number of hydrogen-bond donors (Lipinski definition) is 4. The molecule has 0 fully saturated rings. The van der Waals surface area contributed by atoms with Crippen molar-refractivity contribution in [3.05, 3.63) is 48.5 Å². The summed E-state index contributed by atoms with van der Waals surface area (Å²) in [6, 6.07) is 16.6. The lowest BCUT2D eigenvalue weighted by molar-refractivity contribution is 0.984. The number of anilines is 2. The minimum Gasteiger partial charge on any atom is -0.322 e. The van der Waals surface area contributed by atoms with E-state index >= 15 is 0 Å². The van der Waals surface area contributed by atoms with Gasteiger partial charge in [-0.2, -0.15) is 0 Å². The minimum absolute atomic E-state index is 1.05. The Balaban J connectivity index is 2.15. The van der Waals surface area contributed by atoms with E-state index in [1.54, 1.807) is 0 Å². The zero-order valence-corrected chi connectivity index (χ0v) is 10.6. The molecule has 0 bridgehead atoms. The van der Waals surface area contributed by atoms with Crippen LogP contribution in [0.5, 0.6) is 0 Å². The Labute approximate surface area is 107 Å². The first-order valence-electron chi connectivity index (χ1n) is 5.89. The van der Waals surface area contributed by atoms with Crippen molar-refractivity contribution in [1.29, 1.82) is 0 Å². The third-order valence-corrected chi connectivity index (χ3v) is 2.64. The normalized spacial score (nSPS) is 10.1. The molecule has 0 saturated carbocycles. The molecule has 0 saturated heterocycles. The molecule has 0 amide bonds. The van der Waals surface area contributed by atoms with Crippen LogP contribution in [0.2, 0.25) is 0 Å². The average Bonchev–Trinajstić information content (AvgIpc) is 2.41. The van der Waals surface area contributed by atoms with E-state index in [-0.39, 0.29) is 0 Å². The summed E-state index contributed by atoms with van der Waals surface area (Å²) < 4.78 is 0. The fraction of sp³-hybridized carbons (Fsp3) is 0.143. The van der Waals surface area contributed by atoms with Gasteiger partial charge in [-0.1, -0.05) is 24.3 Å². The van der Waals surface area contributed by atoms with Crippen LogP contribution in [0.25, 0.3) is 11.1 Å². The predicted octanol–water partition coefficient (Wildman–Crippen LogP) is 2.45. The van der Waals surface area contributed by atoms with Gasteiger partial charge in [0.25, 0.3) is 0 Å². The molecule has 0 aliphatic rings. The van der Waals surface area contributed by atoms with Crippen LogP contribution in [0.1, 0.15) is 0 Å². The summed E-state index contributed by atoms with van der Waals surface area (Å²) in [7, 11) is 3.70. The molecule has 0 atom stereocenters. The summed E-state index contributed by atoms with van der Waals surface area (Å²) in [5, 5.41) is 0. The highest BCUT2D eigenvalue weighted by molar-refractivity contribution is 5.67. The van der Waals surface area contributed by atoms with Crippen molar-refractivity contribution in [2.24, 2.45) is 0 Å². The fourth-order valence-corrected chi connectivity index (χ4v) is 1.78. The Morgan fingerprint density at radius 1 is 0.556 bits per heavy atom. The van der Waals surface area contributed by atoms with Gasteiger partial charge in [0.15, 0.2) is 0 Å². The highest BCUT2D eigenvalue weighted by Crippen LogP contribution is 2.22. The Kier molecular flexibility index (Phi) is 4.17. The van der Waals surface area contributed by atoms with Gasteiger partial charge in [0.2, 0.25) is 0 Å². The quantitative estimate of drug-likeness (QED) is 0.608. The molecule has 0 radical (unpaired) electrons. The van der Waals surface area contributed by atoms with Gasteiger partial charge >= 0.3 is 0 Å². The number of nitrogens with one attached hydrogen (secondary N) is 4. The molecule has 18 heavy (non-hydrogen) atoms. The third kappa shape index (κ3) is 3.00. The number of hydrazine groups is 2. The minimum atomic E-state index is 1.05. The van der Waals surface area contributed by atoms with Crippen molar-refractivity contribution in [3.8, 4) is 11.1 Å². The lowest BCUT2D eigenvalue weighted by atomic mass is 10.1. The van der Waals surface area contributed by atoms with Crippen LogP contribution in [0.4, 0.5) is 11.4 Å². The van der Waals surface area contributed by atoms with E-state index in [9.17, 15) is 0 Å². The summed E-state index contributed by atoms with van der Waals surface area (Å²) >= 11 is 0. The molecule has 2 aromatic carbocycles. The lowest BCUT2D eigenvalue weighted by Crippen LogP contribution is -2.14. The monoisotopic (exact) mass is 242 g/mol. The molecule has 0 heterocycles. The first kappa shape index (κ1) is 12.4. The molecule has 4 N–H and O–H groups in total. The van der Waals surface area contributed by atoms with Crippen LogP contribution in [-0.4, -0.2) is 14.1 Å². The van der Waals surface area contributed by atoms with Crippen molar-refractivity contribution in [2.75, 3.05) is 24.9 Å².